The molecule has 0 aliphatic carbocycles. The topological polar surface area (TPSA) is 99.2 Å². The molecule has 0 spiro atoms. The van der Waals surface area contributed by atoms with Crippen LogP contribution in [0.2, 0.25) is 10.0 Å². The number of nitrogens with one attached hydrogen (secondary N) is 1. The van der Waals surface area contributed by atoms with Gasteiger partial charge in [0, 0.05) is 19.2 Å². The quantitative estimate of drug-likeness (QED) is 0.266. The summed E-state index contributed by atoms with van der Waals surface area (Å²) in [6, 6.07) is 13.2. The maximum Gasteiger partial charge on any atom is 0.346 e. The standard InChI is InChI=1S/C27H29Cl2N3O5S/c1-17(22-5-4-6-23(28)26(22)29)32(34)27(33)30-24-10-9-21(14-25(24)37-3)38(35,36)16-18-7-8-20-15-31(2)12-11-19(20)13-18/h4-10,13-14,17,34H,11-12,15-16H2,1-3H3,(H,30,33). The molecule has 1 heterocycles. The zero-order valence-electron chi connectivity index (χ0n) is 21.2. The maximum absolute atomic E-state index is 13.2. The Labute approximate surface area is 232 Å². The van der Waals surface area contributed by atoms with E-state index in [-0.39, 0.29) is 27.1 Å². The van der Waals surface area contributed by atoms with E-state index in [0.717, 1.165) is 19.5 Å². The summed E-state index contributed by atoms with van der Waals surface area (Å²) >= 11 is 12.3. The zero-order chi connectivity index (χ0) is 27.6. The third kappa shape index (κ3) is 6.08. The minimum atomic E-state index is -3.69. The summed E-state index contributed by atoms with van der Waals surface area (Å²) in [5, 5.41) is 14.1. The Balaban J connectivity index is 1.50. The van der Waals surface area contributed by atoms with Gasteiger partial charge in [-0.3, -0.25) is 5.21 Å². The molecule has 2 N–H and O–H groups in total. The molecule has 0 saturated carbocycles. The normalized spacial score (nSPS) is 14.5. The first-order valence-electron chi connectivity index (χ1n) is 11.9. The lowest BCUT2D eigenvalue weighted by molar-refractivity contribution is -0.0690. The number of methoxy groups -OCH3 is 1. The molecule has 0 radical (unpaired) electrons. The highest BCUT2D eigenvalue weighted by Gasteiger charge is 2.25. The first-order chi connectivity index (χ1) is 18.0. The number of fused-ring (bicyclic) bond motifs is 1. The SMILES string of the molecule is COc1cc(S(=O)(=O)Cc2ccc3c(c2)CCN(C)C3)ccc1NC(=O)N(O)C(C)c1cccc(Cl)c1Cl. The van der Waals surface area contributed by atoms with E-state index in [4.69, 9.17) is 27.9 Å². The number of urea groups is 1. The van der Waals surface area contributed by atoms with E-state index in [1.165, 1.54) is 36.4 Å². The Bertz CT molecular complexity index is 1470. The van der Waals surface area contributed by atoms with Crippen LogP contribution in [0.25, 0.3) is 0 Å². The van der Waals surface area contributed by atoms with Gasteiger partial charge in [0.1, 0.15) is 5.75 Å². The number of carbonyl (C=O) groups is 1. The van der Waals surface area contributed by atoms with Gasteiger partial charge in [-0.2, -0.15) is 5.06 Å². The Kier molecular flexibility index (Phi) is 8.54. The molecule has 0 fully saturated rings. The van der Waals surface area contributed by atoms with E-state index in [1.807, 2.05) is 18.2 Å². The van der Waals surface area contributed by atoms with Crippen LogP contribution in [0.3, 0.4) is 0 Å². The summed E-state index contributed by atoms with van der Waals surface area (Å²) in [6.07, 6.45) is 0.881. The molecule has 11 heteroatoms. The van der Waals surface area contributed by atoms with Crippen molar-refractivity contribution in [2.75, 3.05) is 26.0 Å². The Morgan fingerprint density at radius 1 is 1.16 bits per heavy atom. The van der Waals surface area contributed by atoms with E-state index < -0.39 is 21.9 Å². The second-order valence-electron chi connectivity index (χ2n) is 9.31. The minimum Gasteiger partial charge on any atom is -0.495 e. The molecule has 0 aromatic heterocycles. The van der Waals surface area contributed by atoms with E-state index in [1.54, 1.807) is 25.1 Å². The van der Waals surface area contributed by atoms with Crippen LogP contribution in [-0.2, 0) is 28.6 Å². The van der Waals surface area contributed by atoms with Gasteiger partial charge in [0.05, 0.1) is 39.5 Å². The summed E-state index contributed by atoms with van der Waals surface area (Å²) in [4.78, 5) is 15.1. The second-order valence-corrected chi connectivity index (χ2v) is 12.1. The average molecular weight is 579 g/mol. The molecule has 202 valence electrons. The fourth-order valence-electron chi connectivity index (χ4n) is 4.43. The van der Waals surface area contributed by atoms with Gasteiger partial charge in [-0.15, -0.1) is 0 Å². The molecule has 1 aliphatic heterocycles. The lowest BCUT2D eigenvalue weighted by Crippen LogP contribution is -2.34. The van der Waals surface area contributed by atoms with E-state index in [0.29, 0.717) is 21.2 Å². The van der Waals surface area contributed by atoms with Gasteiger partial charge in [0.15, 0.2) is 9.84 Å². The highest BCUT2D eigenvalue weighted by atomic mass is 35.5. The van der Waals surface area contributed by atoms with Gasteiger partial charge in [0.2, 0.25) is 0 Å². The van der Waals surface area contributed by atoms with Gasteiger partial charge in [-0.1, -0.05) is 53.5 Å². The summed E-state index contributed by atoms with van der Waals surface area (Å²) in [7, 11) is -0.261. The molecular weight excluding hydrogens is 549 g/mol. The van der Waals surface area contributed by atoms with Gasteiger partial charge >= 0.3 is 6.03 Å². The molecule has 38 heavy (non-hydrogen) atoms. The molecule has 3 aromatic rings. The number of likely N-dealkylation sites (N-methyl/N-ethyl adjacent to an activating group) is 1. The van der Waals surface area contributed by atoms with Crippen molar-refractivity contribution in [2.24, 2.45) is 0 Å². The van der Waals surface area contributed by atoms with Crippen LogP contribution in [0.4, 0.5) is 10.5 Å². The largest absolute Gasteiger partial charge is 0.495 e. The number of hydrogen-bond acceptors (Lipinski definition) is 6. The van der Waals surface area contributed by atoms with Crippen molar-refractivity contribution >= 4 is 44.8 Å². The van der Waals surface area contributed by atoms with Crippen molar-refractivity contribution in [1.82, 2.24) is 9.96 Å². The Morgan fingerprint density at radius 2 is 1.92 bits per heavy atom. The first-order valence-corrected chi connectivity index (χ1v) is 14.3. The Hall–Kier alpha value is -2.82. The second kappa shape index (κ2) is 11.5. The number of benzene rings is 3. The lowest BCUT2D eigenvalue weighted by Gasteiger charge is -2.25. The molecule has 0 saturated heterocycles. The van der Waals surface area contributed by atoms with Gasteiger partial charge < -0.3 is 15.0 Å². The van der Waals surface area contributed by atoms with Crippen LogP contribution in [0.15, 0.2) is 59.5 Å². The van der Waals surface area contributed by atoms with E-state index in [2.05, 4.69) is 17.3 Å². The van der Waals surface area contributed by atoms with Crippen molar-refractivity contribution in [1.29, 1.82) is 0 Å². The predicted molar refractivity (Wildman–Crippen MR) is 148 cm³/mol. The number of hydroxylamine groups is 2. The molecule has 1 aliphatic rings. The van der Waals surface area contributed by atoms with Crippen molar-refractivity contribution in [2.45, 2.75) is 36.6 Å². The van der Waals surface area contributed by atoms with Gasteiger partial charge in [-0.05, 0) is 60.8 Å². The fraction of sp³-hybridized carbons (Fsp3) is 0.296. The predicted octanol–water partition coefficient (Wildman–Crippen LogP) is 5.95. The minimum absolute atomic E-state index is 0.0599. The number of anilines is 1. The van der Waals surface area contributed by atoms with Crippen molar-refractivity contribution < 1.29 is 23.2 Å². The molecular formula is C27H29Cl2N3O5S. The number of hydrogen-bond donors (Lipinski definition) is 2. The van der Waals surface area contributed by atoms with Crippen LogP contribution >= 0.6 is 23.2 Å². The number of sulfone groups is 1. The van der Waals surface area contributed by atoms with E-state index >= 15 is 0 Å². The summed E-state index contributed by atoms with van der Waals surface area (Å²) in [5.74, 6) is -0.0254. The van der Waals surface area contributed by atoms with Crippen LogP contribution in [0, 0.1) is 0 Å². The zero-order valence-corrected chi connectivity index (χ0v) is 23.6. The lowest BCUT2D eigenvalue weighted by atomic mass is 9.98. The molecule has 8 nitrogen and oxygen atoms in total. The molecule has 2 amide bonds. The van der Waals surface area contributed by atoms with Crippen molar-refractivity contribution in [3.05, 3.63) is 86.9 Å². The fourth-order valence-corrected chi connectivity index (χ4v) is 6.24. The molecule has 4 rings (SSSR count). The number of halogens is 2. The number of nitrogens with zero attached hydrogens (tertiary/aromatic N) is 2. The van der Waals surface area contributed by atoms with Gasteiger partial charge in [-0.25, -0.2) is 13.2 Å². The number of ether oxygens (including phenoxy) is 1. The van der Waals surface area contributed by atoms with Crippen LogP contribution in [-0.4, -0.2) is 50.3 Å². The van der Waals surface area contributed by atoms with Crippen LogP contribution < -0.4 is 10.1 Å². The highest BCUT2D eigenvalue weighted by Crippen LogP contribution is 2.34. The summed E-state index contributed by atoms with van der Waals surface area (Å²) in [5.41, 5.74) is 3.76. The molecule has 0 bridgehead atoms. The monoisotopic (exact) mass is 577 g/mol. The Morgan fingerprint density at radius 3 is 2.66 bits per heavy atom. The van der Waals surface area contributed by atoms with Crippen molar-refractivity contribution in [3.8, 4) is 5.75 Å². The van der Waals surface area contributed by atoms with Crippen LogP contribution in [0.5, 0.6) is 5.75 Å². The highest BCUT2D eigenvalue weighted by molar-refractivity contribution is 7.90. The number of amides is 2. The van der Waals surface area contributed by atoms with Gasteiger partial charge in [0.25, 0.3) is 0 Å². The third-order valence-electron chi connectivity index (χ3n) is 6.61. The number of rotatable bonds is 7. The first kappa shape index (κ1) is 28.2. The maximum atomic E-state index is 13.2. The van der Waals surface area contributed by atoms with Crippen LogP contribution in [0.1, 0.15) is 35.2 Å². The third-order valence-corrected chi connectivity index (χ3v) is 9.13. The molecule has 3 aromatic carbocycles. The van der Waals surface area contributed by atoms with E-state index in [9.17, 15) is 18.4 Å². The average Bonchev–Trinajstić information content (AvgIpc) is 2.89. The summed E-state index contributed by atoms with van der Waals surface area (Å²) < 4.78 is 31.8. The number of carbonyl (C=O) groups excluding carboxylic acids is 1. The molecule has 1 unspecified atom stereocenters. The van der Waals surface area contributed by atoms with Crippen molar-refractivity contribution in [3.63, 3.8) is 0 Å². The molecule has 1 atom stereocenters. The smallest absolute Gasteiger partial charge is 0.346 e. The summed E-state index contributed by atoms with van der Waals surface area (Å²) in [6.45, 7) is 3.37.